The van der Waals surface area contributed by atoms with E-state index >= 15 is 0 Å². The number of hydrogen-bond acceptors (Lipinski definition) is 3. The first kappa shape index (κ1) is 17.7. The molecule has 1 aliphatic rings. The number of nitrogens with zero attached hydrogens (tertiary/aromatic N) is 1. The predicted molar refractivity (Wildman–Crippen MR) is 86.3 cm³/mol. The summed E-state index contributed by atoms with van der Waals surface area (Å²) < 4.78 is 13.2. The average Bonchev–Trinajstić information content (AvgIpc) is 2.54. The fourth-order valence-corrected chi connectivity index (χ4v) is 2.88. The lowest BCUT2D eigenvalue weighted by atomic mass is 9.97. The summed E-state index contributed by atoms with van der Waals surface area (Å²) in [6.07, 6.45) is 1.51. The Morgan fingerprint density at radius 2 is 2.26 bits per heavy atom. The lowest BCUT2D eigenvalue weighted by Crippen LogP contribution is -2.47. The van der Waals surface area contributed by atoms with Crippen LogP contribution in [0, 0.1) is 11.7 Å². The van der Waals surface area contributed by atoms with Crippen molar-refractivity contribution in [1.29, 1.82) is 0 Å². The van der Waals surface area contributed by atoms with Gasteiger partial charge >= 0.3 is 0 Å². The molecule has 2 atom stereocenters. The molecule has 0 aromatic heterocycles. The normalized spacial score (nSPS) is 19.4. The molecular weight excluding hydrogens is 321 g/mol. The Kier molecular flexibility index (Phi) is 5.96. The molecule has 0 unspecified atom stereocenters. The van der Waals surface area contributed by atoms with Gasteiger partial charge in [-0.05, 0) is 37.5 Å². The number of rotatable bonds is 5. The standard InChI is InChI=1S/C16H21ClFN3O2/c1-10(11-4-5-14(18)13(17)7-11)20-8-15(22)21-6-2-3-12(9-21)16(19)23/h4-5,7,10,12,20H,2-3,6,8-9H2,1H3,(H2,19,23)/t10-,12-/m0/s1. The molecular formula is C16H21ClFN3O2. The minimum atomic E-state index is -0.468. The van der Waals surface area contributed by atoms with E-state index in [9.17, 15) is 14.0 Å². The molecule has 23 heavy (non-hydrogen) atoms. The maximum absolute atomic E-state index is 13.2. The number of piperidine rings is 1. The fourth-order valence-electron chi connectivity index (χ4n) is 2.69. The van der Waals surface area contributed by atoms with Crippen LogP contribution in [0.2, 0.25) is 5.02 Å². The quantitative estimate of drug-likeness (QED) is 0.858. The van der Waals surface area contributed by atoms with Gasteiger partial charge in [0, 0.05) is 19.1 Å². The number of hydrogen-bond donors (Lipinski definition) is 2. The highest BCUT2D eigenvalue weighted by Crippen LogP contribution is 2.21. The maximum atomic E-state index is 13.2. The lowest BCUT2D eigenvalue weighted by Gasteiger charge is -2.31. The van der Waals surface area contributed by atoms with Gasteiger partial charge in [-0.1, -0.05) is 17.7 Å². The molecule has 1 aromatic rings. The van der Waals surface area contributed by atoms with Crippen LogP contribution in [0.3, 0.4) is 0 Å². The third-order valence-corrected chi connectivity index (χ3v) is 4.47. The van der Waals surface area contributed by atoms with E-state index in [1.807, 2.05) is 6.92 Å². The van der Waals surface area contributed by atoms with Gasteiger partial charge in [0.2, 0.25) is 11.8 Å². The highest BCUT2D eigenvalue weighted by atomic mass is 35.5. The summed E-state index contributed by atoms with van der Waals surface area (Å²) >= 11 is 5.77. The molecule has 0 spiro atoms. The Labute approximate surface area is 140 Å². The first-order valence-electron chi connectivity index (χ1n) is 7.64. The summed E-state index contributed by atoms with van der Waals surface area (Å²) in [6, 6.07) is 4.34. The summed E-state index contributed by atoms with van der Waals surface area (Å²) in [5.41, 5.74) is 6.12. The number of halogens is 2. The minimum absolute atomic E-state index is 0.0582. The predicted octanol–water partition coefficient (Wildman–Crippen LogP) is 1.85. The number of nitrogens with one attached hydrogen (secondary N) is 1. The van der Waals surface area contributed by atoms with Crippen molar-refractivity contribution >= 4 is 23.4 Å². The summed E-state index contributed by atoms with van der Waals surface area (Å²) in [4.78, 5) is 25.2. The largest absolute Gasteiger partial charge is 0.369 e. The Bertz CT molecular complexity index is 597. The SMILES string of the molecule is C[C@H](NCC(=O)N1CCC[C@H](C(N)=O)C1)c1ccc(F)c(Cl)c1. The molecule has 1 aromatic carbocycles. The number of carbonyl (C=O) groups is 2. The van der Waals surface area contributed by atoms with E-state index < -0.39 is 5.82 Å². The Morgan fingerprint density at radius 3 is 2.91 bits per heavy atom. The average molecular weight is 342 g/mol. The molecule has 1 fully saturated rings. The first-order valence-corrected chi connectivity index (χ1v) is 8.01. The van der Waals surface area contributed by atoms with Gasteiger partial charge in [0.25, 0.3) is 0 Å². The molecule has 2 rings (SSSR count). The highest BCUT2D eigenvalue weighted by molar-refractivity contribution is 6.30. The molecule has 0 aliphatic carbocycles. The van der Waals surface area contributed by atoms with Gasteiger partial charge in [-0.3, -0.25) is 9.59 Å². The molecule has 0 radical (unpaired) electrons. The van der Waals surface area contributed by atoms with Crippen LogP contribution in [0.1, 0.15) is 31.4 Å². The Balaban J connectivity index is 1.88. The van der Waals surface area contributed by atoms with E-state index in [1.165, 1.54) is 6.07 Å². The third-order valence-electron chi connectivity index (χ3n) is 4.18. The number of likely N-dealkylation sites (tertiary alicyclic amines) is 1. The monoisotopic (exact) mass is 341 g/mol. The van der Waals surface area contributed by atoms with Gasteiger partial charge in [-0.2, -0.15) is 0 Å². The van der Waals surface area contributed by atoms with Crippen molar-refractivity contribution in [2.45, 2.75) is 25.8 Å². The third kappa shape index (κ3) is 4.65. The number of carbonyl (C=O) groups excluding carboxylic acids is 2. The highest BCUT2D eigenvalue weighted by Gasteiger charge is 2.26. The van der Waals surface area contributed by atoms with Crippen molar-refractivity contribution in [3.8, 4) is 0 Å². The number of primary amides is 1. The Hall–Kier alpha value is -1.66. The molecule has 2 amide bonds. The molecule has 5 nitrogen and oxygen atoms in total. The van der Waals surface area contributed by atoms with Crippen molar-refractivity contribution in [1.82, 2.24) is 10.2 Å². The van der Waals surface area contributed by atoms with Crippen LogP contribution in [-0.2, 0) is 9.59 Å². The smallest absolute Gasteiger partial charge is 0.236 e. The van der Waals surface area contributed by atoms with Crippen LogP contribution in [0.4, 0.5) is 4.39 Å². The molecule has 0 bridgehead atoms. The van der Waals surface area contributed by atoms with Crippen molar-refractivity contribution in [2.75, 3.05) is 19.6 Å². The van der Waals surface area contributed by atoms with Crippen LogP contribution < -0.4 is 11.1 Å². The Morgan fingerprint density at radius 1 is 1.52 bits per heavy atom. The van der Waals surface area contributed by atoms with Crippen molar-refractivity contribution in [3.05, 3.63) is 34.6 Å². The zero-order valence-corrected chi connectivity index (χ0v) is 13.8. The molecule has 1 heterocycles. The summed E-state index contributed by atoms with van der Waals surface area (Å²) in [5.74, 6) is -1.16. The molecule has 1 aliphatic heterocycles. The van der Waals surface area contributed by atoms with Gasteiger partial charge in [-0.25, -0.2) is 4.39 Å². The lowest BCUT2D eigenvalue weighted by molar-refractivity contribution is -0.134. The van der Waals surface area contributed by atoms with Gasteiger partial charge in [0.05, 0.1) is 17.5 Å². The summed E-state index contributed by atoms with van der Waals surface area (Å²) in [5, 5.41) is 3.16. The van der Waals surface area contributed by atoms with Crippen LogP contribution in [0.15, 0.2) is 18.2 Å². The van der Waals surface area contributed by atoms with E-state index in [0.717, 1.165) is 18.4 Å². The molecule has 126 valence electrons. The van der Waals surface area contributed by atoms with Gasteiger partial charge < -0.3 is 16.0 Å². The zero-order chi connectivity index (χ0) is 17.0. The van der Waals surface area contributed by atoms with E-state index in [-0.39, 0.29) is 35.3 Å². The van der Waals surface area contributed by atoms with Crippen LogP contribution in [0.5, 0.6) is 0 Å². The van der Waals surface area contributed by atoms with E-state index in [4.69, 9.17) is 17.3 Å². The maximum Gasteiger partial charge on any atom is 0.236 e. The van der Waals surface area contributed by atoms with E-state index in [0.29, 0.717) is 13.1 Å². The van der Waals surface area contributed by atoms with E-state index in [1.54, 1.807) is 17.0 Å². The molecule has 3 N–H and O–H groups in total. The van der Waals surface area contributed by atoms with Crippen LogP contribution >= 0.6 is 11.6 Å². The van der Waals surface area contributed by atoms with Crippen LogP contribution in [0.25, 0.3) is 0 Å². The second-order valence-corrected chi connectivity index (χ2v) is 6.26. The van der Waals surface area contributed by atoms with Crippen molar-refractivity contribution in [3.63, 3.8) is 0 Å². The van der Waals surface area contributed by atoms with Gasteiger partial charge in [0.1, 0.15) is 5.82 Å². The van der Waals surface area contributed by atoms with Crippen molar-refractivity contribution in [2.24, 2.45) is 11.7 Å². The fraction of sp³-hybridized carbons (Fsp3) is 0.500. The number of nitrogens with two attached hydrogens (primary N) is 1. The minimum Gasteiger partial charge on any atom is -0.369 e. The summed E-state index contributed by atoms with van der Waals surface area (Å²) in [7, 11) is 0. The van der Waals surface area contributed by atoms with Gasteiger partial charge in [-0.15, -0.1) is 0 Å². The van der Waals surface area contributed by atoms with Crippen molar-refractivity contribution < 1.29 is 14.0 Å². The second kappa shape index (κ2) is 7.75. The number of benzene rings is 1. The number of amides is 2. The van der Waals surface area contributed by atoms with E-state index in [2.05, 4.69) is 5.32 Å². The molecule has 1 saturated heterocycles. The second-order valence-electron chi connectivity index (χ2n) is 5.86. The zero-order valence-electron chi connectivity index (χ0n) is 13.0. The topological polar surface area (TPSA) is 75.4 Å². The molecule has 7 heteroatoms. The molecule has 0 saturated carbocycles. The summed E-state index contributed by atoms with van der Waals surface area (Å²) in [6.45, 7) is 3.04. The first-order chi connectivity index (χ1) is 10.9. The van der Waals surface area contributed by atoms with Crippen LogP contribution in [-0.4, -0.2) is 36.3 Å². The van der Waals surface area contributed by atoms with Gasteiger partial charge in [0.15, 0.2) is 0 Å².